The highest BCUT2D eigenvalue weighted by Crippen LogP contribution is 2.32. The van der Waals surface area contributed by atoms with Gasteiger partial charge >= 0.3 is 0 Å². The van der Waals surface area contributed by atoms with Gasteiger partial charge in [0.05, 0.1) is 14.2 Å². The van der Waals surface area contributed by atoms with E-state index in [-0.39, 0.29) is 16.1 Å². The van der Waals surface area contributed by atoms with Crippen molar-refractivity contribution < 1.29 is 9.47 Å². The maximum atomic E-state index is 5.97. The molecule has 0 saturated heterocycles. The smallest absolute Gasteiger partial charge is 0.193 e. The molecule has 1 aromatic carbocycles. The van der Waals surface area contributed by atoms with Crippen LogP contribution < -0.4 is 9.47 Å². The normalized spacial score (nSPS) is 10.2. The molecule has 6 heteroatoms. The molecule has 0 atom stereocenters. The molecule has 94 valence electrons. The second-order valence-electron chi connectivity index (χ2n) is 3.39. The van der Waals surface area contributed by atoms with E-state index >= 15 is 0 Å². The van der Waals surface area contributed by atoms with Crippen LogP contribution in [-0.2, 0) is 0 Å². The second-order valence-corrected chi connectivity index (χ2v) is 4.11. The van der Waals surface area contributed by atoms with Gasteiger partial charge in [0.2, 0.25) is 0 Å². The predicted molar refractivity (Wildman–Crippen MR) is 70.6 cm³/mol. The number of nitrogens with zero attached hydrogens (tertiary/aromatic N) is 2. The van der Waals surface area contributed by atoms with Gasteiger partial charge in [-0.1, -0.05) is 35.3 Å². The third-order valence-electron chi connectivity index (χ3n) is 2.31. The van der Waals surface area contributed by atoms with Gasteiger partial charge < -0.3 is 9.47 Å². The molecule has 0 unspecified atom stereocenters. The van der Waals surface area contributed by atoms with Gasteiger partial charge in [-0.3, -0.25) is 0 Å². The van der Waals surface area contributed by atoms with Crippen molar-refractivity contribution in [1.29, 1.82) is 0 Å². The third kappa shape index (κ3) is 2.49. The average Bonchev–Trinajstić information content (AvgIpc) is 2.38. The van der Waals surface area contributed by atoms with Crippen LogP contribution in [0.15, 0.2) is 24.3 Å². The number of rotatable bonds is 3. The summed E-state index contributed by atoms with van der Waals surface area (Å²) >= 11 is 11.9. The maximum absolute atomic E-state index is 5.97. The van der Waals surface area contributed by atoms with Crippen molar-refractivity contribution in [3.63, 3.8) is 0 Å². The fraction of sp³-hybridized carbons (Fsp3) is 0.167. The number of benzene rings is 1. The summed E-state index contributed by atoms with van der Waals surface area (Å²) in [6.45, 7) is 0. The Balaban J connectivity index is 2.51. The minimum Gasteiger partial charge on any atom is -0.497 e. The largest absolute Gasteiger partial charge is 0.497 e. The van der Waals surface area contributed by atoms with Gasteiger partial charge in [0.25, 0.3) is 0 Å². The average molecular weight is 285 g/mol. The standard InChI is InChI=1S/C12H10Cl2N2O2/c1-17-8-5-3-4-7(6-8)12-15-10(13)9(18-2)11(14)16-12/h3-6H,1-2H3. The molecule has 0 N–H and O–H groups in total. The first-order valence-corrected chi connectivity index (χ1v) is 5.82. The molecule has 0 spiro atoms. The Morgan fingerprint density at radius 3 is 2.22 bits per heavy atom. The monoisotopic (exact) mass is 284 g/mol. The fourth-order valence-corrected chi connectivity index (χ4v) is 2.00. The zero-order chi connectivity index (χ0) is 13.1. The van der Waals surface area contributed by atoms with Crippen molar-refractivity contribution >= 4 is 23.2 Å². The van der Waals surface area contributed by atoms with Crippen molar-refractivity contribution in [1.82, 2.24) is 9.97 Å². The second kappa shape index (κ2) is 5.42. The van der Waals surface area contributed by atoms with Crippen molar-refractivity contribution in [2.45, 2.75) is 0 Å². The maximum Gasteiger partial charge on any atom is 0.193 e. The summed E-state index contributed by atoms with van der Waals surface area (Å²) in [6.07, 6.45) is 0. The highest BCUT2D eigenvalue weighted by atomic mass is 35.5. The SMILES string of the molecule is COc1cccc(-c2nc(Cl)c(OC)c(Cl)n2)c1. The van der Waals surface area contributed by atoms with Crippen LogP contribution in [0.1, 0.15) is 0 Å². The van der Waals surface area contributed by atoms with Crippen LogP contribution in [0.3, 0.4) is 0 Å². The number of ether oxygens (including phenoxy) is 2. The predicted octanol–water partition coefficient (Wildman–Crippen LogP) is 3.47. The summed E-state index contributed by atoms with van der Waals surface area (Å²) in [5.74, 6) is 1.40. The molecule has 2 rings (SSSR count). The lowest BCUT2D eigenvalue weighted by atomic mass is 10.2. The molecule has 0 aliphatic heterocycles. The van der Waals surface area contributed by atoms with Crippen LogP contribution in [0.4, 0.5) is 0 Å². The third-order valence-corrected chi connectivity index (χ3v) is 2.83. The topological polar surface area (TPSA) is 44.2 Å². The molecule has 18 heavy (non-hydrogen) atoms. The number of aromatic nitrogens is 2. The summed E-state index contributed by atoms with van der Waals surface area (Å²) in [5, 5.41) is 0.352. The van der Waals surface area contributed by atoms with E-state index in [4.69, 9.17) is 32.7 Å². The van der Waals surface area contributed by atoms with E-state index < -0.39 is 0 Å². The van der Waals surface area contributed by atoms with Crippen molar-refractivity contribution in [2.24, 2.45) is 0 Å². The van der Waals surface area contributed by atoms with E-state index in [0.717, 1.165) is 5.56 Å². The highest BCUT2D eigenvalue weighted by molar-refractivity contribution is 6.35. The molecule has 0 fully saturated rings. The van der Waals surface area contributed by atoms with Crippen LogP contribution in [-0.4, -0.2) is 24.2 Å². The van der Waals surface area contributed by atoms with E-state index in [9.17, 15) is 0 Å². The highest BCUT2D eigenvalue weighted by Gasteiger charge is 2.13. The Hall–Kier alpha value is -1.52. The minimum absolute atomic E-state index is 0.176. The van der Waals surface area contributed by atoms with Gasteiger partial charge in [-0.25, -0.2) is 9.97 Å². The zero-order valence-corrected chi connectivity index (χ0v) is 11.3. The van der Waals surface area contributed by atoms with E-state index in [1.807, 2.05) is 18.2 Å². The van der Waals surface area contributed by atoms with Gasteiger partial charge in [-0.15, -0.1) is 0 Å². The molecule has 0 aliphatic rings. The summed E-state index contributed by atoms with van der Waals surface area (Å²) in [4.78, 5) is 8.28. The van der Waals surface area contributed by atoms with Crippen LogP contribution in [0.5, 0.6) is 11.5 Å². The Morgan fingerprint density at radius 2 is 1.67 bits per heavy atom. The first kappa shape index (κ1) is 12.9. The summed E-state index contributed by atoms with van der Waals surface area (Å²) in [5.41, 5.74) is 0.765. The van der Waals surface area contributed by atoms with Crippen LogP contribution in [0, 0.1) is 0 Å². The van der Waals surface area contributed by atoms with Gasteiger partial charge in [0.1, 0.15) is 5.75 Å². The van der Waals surface area contributed by atoms with Gasteiger partial charge in [-0.05, 0) is 12.1 Å². The van der Waals surface area contributed by atoms with Gasteiger partial charge in [-0.2, -0.15) is 0 Å². The van der Waals surface area contributed by atoms with E-state index in [2.05, 4.69) is 9.97 Å². The molecular weight excluding hydrogens is 275 g/mol. The van der Waals surface area contributed by atoms with E-state index in [1.54, 1.807) is 13.2 Å². The first-order chi connectivity index (χ1) is 8.65. The fourth-order valence-electron chi connectivity index (χ4n) is 1.46. The minimum atomic E-state index is 0.176. The molecule has 2 aromatic rings. The quantitative estimate of drug-likeness (QED) is 0.810. The summed E-state index contributed by atoms with van der Waals surface area (Å²) in [7, 11) is 3.05. The van der Waals surface area contributed by atoms with Crippen molar-refractivity contribution in [2.75, 3.05) is 14.2 Å². The molecule has 0 bridgehead atoms. The van der Waals surface area contributed by atoms with E-state index in [0.29, 0.717) is 11.6 Å². The Labute approximate surface area is 114 Å². The number of hydrogen-bond acceptors (Lipinski definition) is 4. The van der Waals surface area contributed by atoms with Crippen molar-refractivity contribution in [3.05, 3.63) is 34.6 Å². The molecule has 4 nitrogen and oxygen atoms in total. The van der Waals surface area contributed by atoms with Crippen LogP contribution >= 0.6 is 23.2 Å². The molecule has 1 aromatic heterocycles. The molecule has 0 amide bonds. The van der Waals surface area contributed by atoms with Crippen LogP contribution in [0.25, 0.3) is 11.4 Å². The van der Waals surface area contributed by atoms with Gasteiger partial charge in [0, 0.05) is 5.56 Å². The Morgan fingerprint density at radius 1 is 1.00 bits per heavy atom. The summed E-state index contributed by atoms with van der Waals surface area (Å²) in [6, 6.07) is 7.31. The number of hydrogen-bond donors (Lipinski definition) is 0. The lowest BCUT2D eigenvalue weighted by Gasteiger charge is -2.07. The molecule has 0 radical (unpaired) electrons. The first-order valence-electron chi connectivity index (χ1n) is 5.07. The van der Waals surface area contributed by atoms with Gasteiger partial charge in [0.15, 0.2) is 21.9 Å². The zero-order valence-electron chi connectivity index (χ0n) is 9.78. The number of methoxy groups -OCH3 is 2. The van der Waals surface area contributed by atoms with E-state index in [1.165, 1.54) is 7.11 Å². The van der Waals surface area contributed by atoms with Crippen molar-refractivity contribution in [3.8, 4) is 22.9 Å². The molecule has 0 saturated carbocycles. The van der Waals surface area contributed by atoms with Crippen LogP contribution in [0.2, 0.25) is 10.3 Å². The lowest BCUT2D eigenvalue weighted by Crippen LogP contribution is -1.95. The lowest BCUT2D eigenvalue weighted by molar-refractivity contribution is 0.411. The Bertz CT molecular complexity index is 553. The summed E-state index contributed by atoms with van der Waals surface area (Å²) < 4.78 is 10.1. The Kier molecular flexibility index (Phi) is 3.89. The molecule has 1 heterocycles. The molecule has 0 aliphatic carbocycles. The number of halogens is 2. The molecular formula is C12H10Cl2N2O2.